The van der Waals surface area contributed by atoms with E-state index in [9.17, 15) is 9.90 Å². The van der Waals surface area contributed by atoms with Crippen LogP contribution in [0.3, 0.4) is 0 Å². The molecular formula is C16H26N2O2S. The van der Waals surface area contributed by atoms with E-state index in [2.05, 4.69) is 24.1 Å². The smallest absolute Gasteiger partial charge is 0.263 e. The summed E-state index contributed by atoms with van der Waals surface area (Å²) in [5.74, 6) is 0.722. The summed E-state index contributed by atoms with van der Waals surface area (Å²) in [5.41, 5.74) is 0.824. The number of carbonyl (C=O) groups is 1. The fourth-order valence-corrected chi connectivity index (χ4v) is 4.13. The van der Waals surface area contributed by atoms with Gasteiger partial charge in [0.2, 0.25) is 0 Å². The van der Waals surface area contributed by atoms with Crippen LogP contribution in [0, 0.1) is 18.8 Å². The first-order valence-corrected chi connectivity index (χ1v) is 8.71. The topological polar surface area (TPSA) is 62.2 Å². The van der Waals surface area contributed by atoms with Crippen LogP contribution in [0.25, 0.3) is 0 Å². The number of aliphatic hydroxyl groups excluding tert-OH is 1. The Morgan fingerprint density at radius 3 is 2.81 bits per heavy atom. The minimum Gasteiger partial charge on any atom is -0.396 e. The van der Waals surface area contributed by atoms with Crippen molar-refractivity contribution in [2.24, 2.45) is 11.8 Å². The number of aryl methyl sites for hydroxylation is 1. The average Bonchev–Trinajstić information content (AvgIpc) is 2.79. The van der Waals surface area contributed by atoms with Gasteiger partial charge >= 0.3 is 0 Å². The highest BCUT2D eigenvalue weighted by Gasteiger charge is 2.27. The second kappa shape index (κ2) is 7.36. The fraction of sp³-hybridized carbons (Fsp3) is 0.750. The number of carbonyl (C=O) groups excluding carboxylic acids is 1. The van der Waals surface area contributed by atoms with E-state index in [1.807, 2.05) is 6.92 Å². The normalized spacial score (nSPS) is 22.5. The third-order valence-electron chi connectivity index (χ3n) is 4.09. The Labute approximate surface area is 131 Å². The standard InChI is InChI=1S/C16H26N2O2S/c1-10(2)8-14-17-11(3)15(21-14)16(20)18-13-7-5-4-6-12(13)9-19/h10,12-13,19H,4-9H2,1-3H3,(H,18,20). The lowest BCUT2D eigenvalue weighted by Crippen LogP contribution is -2.43. The van der Waals surface area contributed by atoms with Crippen molar-refractivity contribution in [3.8, 4) is 0 Å². The third-order valence-corrected chi connectivity index (χ3v) is 5.27. The molecule has 2 rings (SSSR count). The molecule has 4 nitrogen and oxygen atoms in total. The number of aromatic nitrogens is 1. The zero-order valence-electron chi connectivity index (χ0n) is 13.2. The molecule has 1 aromatic rings. The molecule has 118 valence electrons. The molecule has 0 aromatic carbocycles. The number of aliphatic hydroxyl groups is 1. The van der Waals surface area contributed by atoms with Crippen LogP contribution >= 0.6 is 11.3 Å². The molecule has 1 amide bonds. The van der Waals surface area contributed by atoms with Gasteiger partial charge in [-0.05, 0) is 25.7 Å². The molecule has 0 spiro atoms. The Morgan fingerprint density at radius 1 is 1.43 bits per heavy atom. The van der Waals surface area contributed by atoms with Crippen LogP contribution < -0.4 is 5.32 Å². The maximum Gasteiger partial charge on any atom is 0.263 e. The first-order chi connectivity index (χ1) is 10.0. The van der Waals surface area contributed by atoms with Crippen molar-refractivity contribution in [1.82, 2.24) is 10.3 Å². The van der Waals surface area contributed by atoms with E-state index >= 15 is 0 Å². The van der Waals surface area contributed by atoms with Gasteiger partial charge in [-0.15, -0.1) is 11.3 Å². The van der Waals surface area contributed by atoms with Crippen LogP contribution in [0.4, 0.5) is 0 Å². The highest BCUT2D eigenvalue weighted by molar-refractivity contribution is 7.13. The highest BCUT2D eigenvalue weighted by Crippen LogP contribution is 2.26. The third kappa shape index (κ3) is 4.27. The van der Waals surface area contributed by atoms with E-state index in [0.717, 1.165) is 47.7 Å². The fourth-order valence-electron chi connectivity index (χ4n) is 2.95. The molecule has 0 bridgehead atoms. The molecule has 2 atom stereocenters. The van der Waals surface area contributed by atoms with Gasteiger partial charge in [-0.2, -0.15) is 0 Å². The molecule has 0 radical (unpaired) electrons. The first kappa shape index (κ1) is 16.4. The Hall–Kier alpha value is -0.940. The highest BCUT2D eigenvalue weighted by atomic mass is 32.1. The van der Waals surface area contributed by atoms with Gasteiger partial charge in [-0.3, -0.25) is 4.79 Å². The van der Waals surface area contributed by atoms with Crippen molar-refractivity contribution in [1.29, 1.82) is 0 Å². The van der Waals surface area contributed by atoms with Gasteiger partial charge in [0.25, 0.3) is 5.91 Å². The summed E-state index contributed by atoms with van der Waals surface area (Å²) in [5, 5.41) is 13.6. The summed E-state index contributed by atoms with van der Waals surface area (Å²) >= 11 is 1.51. The molecule has 1 aliphatic carbocycles. The summed E-state index contributed by atoms with van der Waals surface area (Å²) in [6.07, 6.45) is 5.16. The van der Waals surface area contributed by atoms with E-state index in [-0.39, 0.29) is 24.5 Å². The number of hydrogen-bond acceptors (Lipinski definition) is 4. The summed E-state index contributed by atoms with van der Waals surface area (Å²) in [7, 11) is 0. The second-order valence-corrected chi connectivity index (χ2v) is 7.51. The zero-order chi connectivity index (χ0) is 15.4. The zero-order valence-corrected chi connectivity index (χ0v) is 14.0. The Kier molecular flexibility index (Phi) is 5.76. The van der Waals surface area contributed by atoms with Crippen molar-refractivity contribution in [3.05, 3.63) is 15.6 Å². The maximum atomic E-state index is 12.5. The predicted octanol–water partition coefficient (Wildman–Crippen LogP) is 2.93. The van der Waals surface area contributed by atoms with Gasteiger partial charge < -0.3 is 10.4 Å². The molecule has 1 saturated carbocycles. The maximum absolute atomic E-state index is 12.5. The van der Waals surface area contributed by atoms with Gasteiger partial charge in [-0.1, -0.05) is 26.7 Å². The number of thiazole rings is 1. The van der Waals surface area contributed by atoms with Crippen molar-refractivity contribution in [3.63, 3.8) is 0 Å². The minimum absolute atomic E-state index is 0.0228. The molecule has 1 heterocycles. The lowest BCUT2D eigenvalue weighted by molar-refractivity contribution is 0.0876. The molecule has 2 N–H and O–H groups in total. The summed E-state index contributed by atoms with van der Waals surface area (Å²) in [6, 6.07) is 0.103. The Bertz CT molecular complexity index is 485. The number of nitrogens with zero attached hydrogens (tertiary/aromatic N) is 1. The van der Waals surface area contributed by atoms with Crippen molar-refractivity contribution >= 4 is 17.2 Å². The van der Waals surface area contributed by atoms with Crippen molar-refractivity contribution in [2.75, 3.05) is 6.61 Å². The lowest BCUT2D eigenvalue weighted by atomic mass is 9.85. The first-order valence-electron chi connectivity index (χ1n) is 7.89. The van der Waals surface area contributed by atoms with Gasteiger partial charge in [0, 0.05) is 25.0 Å². The molecule has 1 aliphatic rings. The molecular weight excluding hydrogens is 284 g/mol. The minimum atomic E-state index is -0.0228. The van der Waals surface area contributed by atoms with Crippen molar-refractivity contribution in [2.45, 2.75) is 58.9 Å². The van der Waals surface area contributed by atoms with E-state index in [4.69, 9.17) is 0 Å². The van der Waals surface area contributed by atoms with Gasteiger partial charge in [0.15, 0.2) is 0 Å². The van der Waals surface area contributed by atoms with Crippen LogP contribution in [0.5, 0.6) is 0 Å². The van der Waals surface area contributed by atoms with E-state index in [0.29, 0.717) is 5.92 Å². The van der Waals surface area contributed by atoms with Crippen molar-refractivity contribution < 1.29 is 9.90 Å². The quantitative estimate of drug-likeness (QED) is 0.879. The number of amides is 1. The van der Waals surface area contributed by atoms with Crippen LogP contribution in [0.1, 0.15) is 59.9 Å². The summed E-state index contributed by atoms with van der Waals surface area (Å²) in [6.45, 7) is 6.37. The van der Waals surface area contributed by atoms with Gasteiger partial charge in [0.05, 0.1) is 10.7 Å². The Balaban J connectivity index is 2.04. The van der Waals surface area contributed by atoms with Crippen LogP contribution in [-0.4, -0.2) is 28.6 Å². The van der Waals surface area contributed by atoms with Crippen LogP contribution in [-0.2, 0) is 6.42 Å². The number of rotatable bonds is 5. The lowest BCUT2D eigenvalue weighted by Gasteiger charge is -2.30. The number of hydrogen-bond donors (Lipinski definition) is 2. The van der Waals surface area contributed by atoms with Crippen LogP contribution in [0.15, 0.2) is 0 Å². The van der Waals surface area contributed by atoms with Gasteiger partial charge in [-0.25, -0.2) is 4.98 Å². The molecule has 1 aromatic heterocycles. The molecule has 0 saturated heterocycles. The van der Waals surface area contributed by atoms with E-state index < -0.39 is 0 Å². The van der Waals surface area contributed by atoms with E-state index in [1.165, 1.54) is 11.3 Å². The monoisotopic (exact) mass is 310 g/mol. The molecule has 2 unspecified atom stereocenters. The predicted molar refractivity (Wildman–Crippen MR) is 85.7 cm³/mol. The largest absolute Gasteiger partial charge is 0.396 e. The summed E-state index contributed by atoms with van der Waals surface area (Å²) < 4.78 is 0. The summed E-state index contributed by atoms with van der Waals surface area (Å²) in [4.78, 5) is 17.7. The SMILES string of the molecule is Cc1nc(CC(C)C)sc1C(=O)NC1CCCCC1CO. The molecule has 0 aliphatic heterocycles. The Morgan fingerprint density at radius 2 is 2.14 bits per heavy atom. The second-order valence-electron chi connectivity index (χ2n) is 6.43. The van der Waals surface area contributed by atoms with Gasteiger partial charge in [0.1, 0.15) is 4.88 Å². The van der Waals surface area contributed by atoms with E-state index in [1.54, 1.807) is 0 Å². The molecule has 1 fully saturated rings. The molecule has 21 heavy (non-hydrogen) atoms. The molecule has 5 heteroatoms. The number of nitrogens with one attached hydrogen (secondary N) is 1. The average molecular weight is 310 g/mol. The van der Waals surface area contributed by atoms with Crippen LogP contribution in [0.2, 0.25) is 0 Å².